The zero-order valence-electron chi connectivity index (χ0n) is 11.3. The van der Waals surface area contributed by atoms with E-state index in [0.717, 1.165) is 11.1 Å². The van der Waals surface area contributed by atoms with Crippen molar-refractivity contribution in [3.63, 3.8) is 0 Å². The van der Waals surface area contributed by atoms with E-state index in [4.69, 9.17) is 0 Å². The minimum absolute atomic E-state index is 0.604. The monoisotopic (exact) mass is 265 g/mol. The predicted molar refractivity (Wildman–Crippen MR) is 76.8 cm³/mol. The second-order valence-electron chi connectivity index (χ2n) is 5.05. The Kier molecular flexibility index (Phi) is 5.45. The Hall–Kier alpha value is -0.610. The van der Waals surface area contributed by atoms with E-state index < -0.39 is 0 Å². The highest BCUT2D eigenvalue weighted by Gasteiger charge is 2.30. The minimum atomic E-state index is 0.604. The second-order valence-corrected chi connectivity index (χ2v) is 6.26. The number of thioether (sulfide) groups is 1. The maximum absolute atomic E-state index is 4.34. The fourth-order valence-electron chi connectivity index (χ4n) is 2.82. The molecule has 3 unspecified atom stereocenters. The quantitative estimate of drug-likeness (QED) is 0.830. The number of hydrogen-bond acceptors (Lipinski definition) is 4. The number of nitrogens with zero attached hydrogens (tertiary/aromatic N) is 2. The molecule has 1 aliphatic rings. The fourth-order valence-corrected chi connectivity index (χ4v) is 4.14. The molecule has 1 aliphatic carbocycles. The first-order valence-corrected chi connectivity index (χ1v) is 7.82. The van der Waals surface area contributed by atoms with E-state index in [2.05, 4.69) is 29.3 Å². The van der Waals surface area contributed by atoms with Crippen molar-refractivity contribution in [3.05, 3.63) is 18.5 Å². The maximum Gasteiger partial charge on any atom is 0.187 e. The molecule has 1 heterocycles. The first-order valence-electron chi connectivity index (χ1n) is 6.94. The van der Waals surface area contributed by atoms with Crippen LogP contribution in [0, 0.1) is 5.92 Å². The molecule has 1 saturated carbocycles. The van der Waals surface area contributed by atoms with E-state index in [9.17, 15) is 0 Å². The predicted octanol–water partition coefficient (Wildman–Crippen LogP) is 3.13. The third-order valence-electron chi connectivity index (χ3n) is 3.77. The first-order chi connectivity index (χ1) is 8.83. The van der Waals surface area contributed by atoms with E-state index in [1.807, 2.05) is 30.2 Å². The summed E-state index contributed by atoms with van der Waals surface area (Å²) in [6.07, 6.45) is 10.3. The van der Waals surface area contributed by atoms with Crippen molar-refractivity contribution >= 4 is 11.8 Å². The van der Waals surface area contributed by atoms with Crippen LogP contribution in [0.15, 0.2) is 23.6 Å². The molecule has 2 rings (SSSR count). The van der Waals surface area contributed by atoms with Crippen molar-refractivity contribution < 1.29 is 0 Å². The van der Waals surface area contributed by atoms with Gasteiger partial charge < -0.3 is 5.32 Å². The van der Waals surface area contributed by atoms with E-state index in [-0.39, 0.29) is 0 Å². The molecule has 4 heteroatoms. The third kappa shape index (κ3) is 3.69. The molecule has 1 fully saturated rings. The number of rotatable bonds is 5. The zero-order valence-corrected chi connectivity index (χ0v) is 12.1. The second kappa shape index (κ2) is 7.10. The lowest BCUT2D eigenvalue weighted by Gasteiger charge is -2.35. The average molecular weight is 265 g/mol. The Morgan fingerprint density at radius 2 is 2.11 bits per heavy atom. The Labute approximate surface area is 114 Å². The molecule has 1 aromatic rings. The summed E-state index contributed by atoms with van der Waals surface area (Å²) in [7, 11) is 2.07. The maximum atomic E-state index is 4.34. The van der Waals surface area contributed by atoms with Crippen molar-refractivity contribution in [3.8, 4) is 0 Å². The van der Waals surface area contributed by atoms with Gasteiger partial charge >= 0.3 is 0 Å². The topological polar surface area (TPSA) is 37.8 Å². The van der Waals surface area contributed by atoms with Crippen LogP contribution in [0.1, 0.15) is 39.0 Å². The molecule has 0 radical (unpaired) electrons. The van der Waals surface area contributed by atoms with E-state index in [1.165, 1.54) is 32.1 Å². The van der Waals surface area contributed by atoms with Gasteiger partial charge in [-0.05, 0) is 38.3 Å². The summed E-state index contributed by atoms with van der Waals surface area (Å²) >= 11 is 1.84. The summed E-state index contributed by atoms with van der Waals surface area (Å²) in [5.41, 5.74) is 0. The van der Waals surface area contributed by atoms with Crippen LogP contribution in [0.3, 0.4) is 0 Å². The molecular formula is C14H23N3S. The molecule has 0 saturated heterocycles. The van der Waals surface area contributed by atoms with Gasteiger partial charge in [-0.15, -0.1) is 0 Å². The molecule has 0 aromatic carbocycles. The molecule has 0 amide bonds. The lowest BCUT2D eigenvalue weighted by Crippen LogP contribution is -2.40. The van der Waals surface area contributed by atoms with E-state index >= 15 is 0 Å². The summed E-state index contributed by atoms with van der Waals surface area (Å²) in [5, 5.41) is 4.99. The summed E-state index contributed by atoms with van der Waals surface area (Å²) in [4.78, 5) is 8.67. The molecule has 3 nitrogen and oxygen atoms in total. The molecule has 0 spiro atoms. The molecule has 18 heavy (non-hydrogen) atoms. The Morgan fingerprint density at radius 3 is 2.78 bits per heavy atom. The molecular weight excluding hydrogens is 242 g/mol. The standard InChI is InChI=1S/C14H23N3S/c1-3-5-11-6-7-12(15-2)13(10-11)18-14-16-8-4-9-17-14/h4,8-9,11-13,15H,3,5-7,10H2,1-2H3. The van der Waals surface area contributed by atoms with Crippen LogP contribution < -0.4 is 5.32 Å². The van der Waals surface area contributed by atoms with Crippen molar-refractivity contribution in [2.24, 2.45) is 5.92 Å². The number of aromatic nitrogens is 2. The van der Waals surface area contributed by atoms with Crippen LogP contribution in [0.2, 0.25) is 0 Å². The van der Waals surface area contributed by atoms with Crippen LogP contribution in [0.4, 0.5) is 0 Å². The zero-order chi connectivity index (χ0) is 12.8. The van der Waals surface area contributed by atoms with Crippen LogP contribution in [0.25, 0.3) is 0 Å². The average Bonchev–Trinajstić information content (AvgIpc) is 2.41. The third-order valence-corrected chi connectivity index (χ3v) is 5.01. The molecule has 100 valence electrons. The Balaban J connectivity index is 1.98. The van der Waals surface area contributed by atoms with Crippen LogP contribution in [-0.2, 0) is 0 Å². The van der Waals surface area contributed by atoms with Crippen LogP contribution in [0.5, 0.6) is 0 Å². The van der Waals surface area contributed by atoms with Crippen LogP contribution >= 0.6 is 11.8 Å². The highest BCUT2D eigenvalue weighted by Crippen LogP contribution is 2.36. The number of hydrogen-bond donors (Lipinski definition) is 1. The molecule has 0 bridgehead atoms. The summed E-state index contributed by atoms with van der Waals surface area (Å²) in [6.45, 7) is 2.28. The highest BCUT2D eigenvalue weighted by atomic mass is 32.2. The van der Waals surface area contributed by atoms with Crippen molar-refractivity contribution in [1.82, 2.24) is 15.3 Å². The van der Waals surface area contributed by atoms with Gasteiger partial charge in [0.2, 0.25) is 0 Å². The lowest BCUT2D eigenvalue weighted by molar-refractivity contribution is 0.295. The Bertz CT molecular complexity index is 344. The SMILES string of the molecule is CCCC1CCC(NC)C(Sc2ncccn2)C1. The fraction of sp³-hybridized carbons (Fsp3) is 0.714. The molecule has 3 atom stereocenters. The number of nitrogens with one attached hydrogen (secondary N) is 1. The Morgan fingerprint density at radius 1 is 1.33 bits per heavy atom. The van der Waals surface area contributed by atoms with Gasteiger partial charge in [-0.3, -0.25) is 0 Å². The van der Waals surface area contributed by atoms with Crippen molar-refractivity contribution in [2.75, 3.05) is 7.05 Å². The first kappa shape index (κ1) is 13.8. The van der Waals surface area contributed by atoms with Gasteiger partial charge in [0, 0.05) is 23.7 Å². The smallest absolute Gasteiger partial charge is 0.187 e. The summed E-state index contributed by atoms with van der Waals surface area (Å²) in [5.74, 6) is 0.890. The van der Waals surface area contributed by atoms with Crippen molar-refractivity contribution in [1.29, 1.82) is 0 Å². The molecule has 0 aliphatic heterocycles. The van der Waals surface area contributed by atoms with Gasteiger partial charge in [0.05, 0.1) is 0 Å². The van der Waals surface area contributed by atoms with Crippen molar-refractivity contribution in [2.45, 2.75) is 55.5 Å². The van der Waals surface area contributed by atoms with Gasteiger partial charge in [-0.25, -0.2) is 9.97 Å². The normalized spacial score (nSPS) is 28.2. The van der Waals surface area contributed by atoms with E-state index in [1.54, 1.807) is 0 Å². The van der Waals surface area contributed by atoms with E-state index in [0.29, 0.717) is 11.3 Å². The minimum Gasteiger partial charge on any atom is -0.316 e. The molecule has 1 aromatic heterocycles. The lowest BCUT2D eigenvalue weighted by atomic mass is 9.83. The van der Waals surface area contributed by atoms with Gasteiger partial charge in [0.25, 0.3) is 0 Å². The van der Waals surface area contributed by atoms with Gasteiger partial charge in [0.1, 0.15) is 0 Å². The van der Waals surface area contributed by atoms with Gasteiger partial charge in [-0.2, -0.15) is 0 Å². The summed E-state index contributed by atoms with van der Waals surface area (Å²) in [6, 6.07) is 2.48. The summed E-state index contributed by atoms with van der Waals surface area (Å²) < 4.78 is 0. The molecule has 1 N–H and O–H groups in total. The van der Waals surface area contributed by atoms with Crippen LogP contribution in [-0.4, -0.2) is 28.3 Å². The largest absolute Gasteiger partial charge is 0.316 e. The van der Waals surface area contributed by atoms with Gasteiger partial charge in [0.15, 0.2) is 5.16 Å². The van der Waals surface area contributed by atoms with Gasteiger partial charge in [-0.1, -0.05) is 31.5 Å². The highest BCUT2D eigenvalue weighted by molar-refractivity contribution is 7.99.